The second-order valence-electron chi connectivity index (χ2n) is 5.77. The minimum absolute atomic E-state index is 0.158. The number of hydrogen-bond donors (Lipinski definition) is 1. The van der Waals surface area contributed by atoms with Crippen LogP contribution in [0.2, 0.25) is 0 Å². The van der Waals surface area contributed by atoms with Crippen molar-refractivity contribution in [1.82, 2.24) is 19.9 Å². The SMILES string of the molecule is Cc1cccc(C(=O)NCc2cccc(Cn3ccnc3C)c2)n1. The molecule has 0 radical (unpaired) electrons. The molecule has 0 saturated carbocycles. The minimum atomic E-state index is -0.158. The lowest BCUT2D eigenvalue weighted by atomic mass is 10.1. The normalized spacial score (nSPS) is 10.6. The molecule has 2 aromatic heterocycles. The van der Waals surface area contributed by atoms with Crippen molar-refractivity contribution in [3.8, 4) is 0 Å². The van der Waals surface area contributed by atoms with Gasteiger partial charge in [0.25, 0.3) is 5.91 Å². The van der Waals surface area contributed by atoms with Crippen LogP contribution in [0.15, 0.2) is 54.9 Å². The van der Waals surface area contributed by atoms with Crippen LogP contribution >= 0.6 is 0 Å². The smallest absolute Gasteiger partial charge is 0.270 e. The molecule has 0 bridgehead atoms. The Kier molecular flexibility index (Phi) is 4.70. The maximum Gasteiger partial charge on any atom is 0.270 e. The molecule has 1 N–H and O–H groups in total. The van der Waals surface area contributed by atoms with Gasteiger partial charge in [-0.05, 0) is 37.1 Å². The highest BCUT2D eigenvalue weighted by Crippen LogP contribution is 2.09. The monoisotopic (exact) mass is 320 g/mol. The number of nitrogens with zero attached hydrogens (tertiary/aromatic N) is 3. The third-order valence-electron chi connectivity index (χ3n) is 3.84. The number of aromatic nitrogens is 3. The Bertz CT molecular complexity index is 854. The van der Waals surface area contributed by atoms with E-state index in [4.69, 9.17) is 0 Å². The van der Waals surface area contributed by atoms with Crippen LogP contribution < -0.4 is 5.32 Å². The number of nitrogens with one attached hydrogen (secondary N) is 1. The molecular formula is C19H20N4O. The van der Waals surface area contributed by atoms with Gasteiger partial charge < -0.3 is 9.88 Å². The second kappa shape index (κ2) is 7.08. The summed E-state index contributed by atoms with van der Waals surface area (Å²) in [6.07, 6.45) is 3.77. The van der Waals surface area contributed by atoms with E-state index in [1.165, 1.54) is 5.56 Å². The highest BCUT2D eigenvalue weighted by Gasteiger charge is 2.07. The molecule has 3 aromatic rings. The zero-order valence-corrected chi connectivity index (χ0v) is 13.9. The van der Waals surface area contributed by atoms with E-state index in [0.29, 0.717) is 12.2 Å². The van der Waals surface area contributed by atoms with E-state index in [9.17, 15) is 4.79 Å². The van der Waals surface area contributed by atoms with E-state index < -0.39 is 0 Å². The largest absolute Gasteiger partial charge is 0.347 e. The van der Waals surface area contributed by atoms with Crippen LogP contribution in [0.4, 0.5) is 0 Å². The maximum atomic E-state index is 12.2. The fraction of sp³-hybridized carbons (Fsp3) is 0.211. The molecule has 3 rings (SSSR count). The van der Waals surface area contributed by atoms with E-state index in [0.717, 1.165) is 23.6 Å². The molecule has 0 atom stereocenters. The first kappa shape index (κ1) is 15.9. The van der Waals surface area contributed by atoms with Crippen LogP contribution in [-0.4, -0.2) is 20.4 Å². The quantitative estimate of drug-likeness (QED) is 0.786. The lowest BCUT2D eigenvalue weighted by molar-refractivity contribution is 0.0945. The minimum Gasteiger partial charge on any atom is -0.347 e. The molecule has 122 valence electrons. The van der Waals surface area contributed by atoms with Gasteiger partial charge in [-0.3, -0.25) is 4.79 Å². The average molecular weight is 320 g/mol. The summed E-state index contributed by atoms with van der Waals surface area (Å²) < 4.78 is 2.09. The van der Waals surface area contributed by atoms with Gasteiger partial charge in [0.05, 0.1) is 0 Å². The van der Waals surface area contributed by atoms with Crippen molar-refractivity contribution >= 4 is 5.91 Å². The summed E-state index contributed by atoms with van der Waals surface area (Å²) in [5.41, 5.74) is 3.52. The van der Waals surface area contributed by atoms with Gasteiger partial charge in [0.15, 0.2) is 0 Å². The number of imidazole rings is 1. The van der Waals surface area contributed by atoms with Crippen molar-refractivity contribution in [2.24, 2.45) is 0 Å². The number of aryl methyl sites for hydroxylation is 2. The number of pyridine rings is 1. The van der Waals surface area contributed by atoms with Crippen LogP contribution in [0.1, 0.15) is 33.1 Å². The Labute approximate surface area is 141 Å². The summed E-state index contributed by atoms with van der Waals surface area (Å²) in [7, 11) is 0. The number of hydrogen-bond acceptors (Lipinski definition) is 3. The van der Waals surface area contributed by atoms with Gasteiger partial charge in [0.1, 0.15) is 11.5 Å². The molecule has 0 spiro atoms. The summed E-state index contributed by atoms with van der Waals surface area (Å²) in [5, 5.41) is 2.92. The summed E-state index contributed by atoms with van der Waals surface area (Å²) >= 11 is 0. The Morgan fingerprint density at radius 1 is 1.12 bits per heavy atom. The van der Waals surface area contributed by atoms with Crippen LogP contribution in [0, 0.1) is 13.8 Å². The zero-order valence-electron chi connectivity index (χ0n) is 13.9. The van der Waals surface area contributed by atoms with Crippen molar-refractivity contribution < 1.29 is 4.79 Å². The molecule has 1 amide bonds. The van der Waals surface area contributed by atoms with Crippen molar-refractivity contribution in [3.05, 3.63) is 83.2 Å². The lowest BCUT2D eigenvalue weighted by Crippen LogP contribution is -2.24. The second-order valence-corrected chi connectivity index (χ2v) is 5.77. The first-order chi connectivity index (χ1) is 11.6. The maximum absolute atomic E-state index is 12.2. The molecular weight excluding hydrogens is 300 g/mol. The van der Waals surface area contributed by atoms with Gasteiger partial charge >= 0.3 is 0 Å². The van der Waals surface area contributed by atoms with Gasteiger partial charge in [-0.25, -0.2) is 9.97 Å². The first-order valence-electron chi connectivity index (χ1n) is 7.89. The topological polar surface area (TPSA) is 59.8 Å². The van der Waals surface area contributed by atoms with Crippen molar-refractivity contribution in [3.63, 3.8) is 0 Å². The molecule has 2 heterocycles. The van der Waals surface area contributed by atoms with Gasteiger partial charge in [-0.1, -0.05) is 30.3 Å². The standard InChI is InChI=1S/C19H20N4O/c1-14-5-3-8-18(22-14)19(24)21-12-16-6-4-7-17(11-16)13-23-10-9-20-15(23)2/h3-11H,12-13H2,1-2H3,(H,21,24). The van der Waals surface area contributed by atoms with E-state index >= 15 is 0 Å². The number of benzene rings is 1. The molecule has 0 unspecified atom stereocenters. The molecule has 0 aliphatic rings. The molecule has 0 aliphatic carbocycles. The number of carbonyl (C=O) groups excluding carboxylic acids is 1. The van der Waals surface area contributed by atoms with E-state index in [-0.39, 0.29) is 5.91 Å². The van der Waals surface area contributed by atoms with Crippen LogP contribution in [0.3, 0.4) is 0 Å². The summed E-state index contributed by atoms with van der Waals surface area (Å²) in [6.45, 7) is 5.11. The highest BCUT2D eigenvalue weighted by atomic mass is 16.1. The number of amides is 1. The number of rotatable bonds is 5. The molecule has 0 saturated heterocycles. The molecule has 5 heteroatoms. The summed E-state index contributed by atoms with van der Waals surface area (Å²) in [4.78, 5) is 20.6. The predicted octanol–water partition coefficient (Wildman–Crippen LogP) is 2.87. The third kappa shape index (κ3) is 3.87. The van der Waals surface area contributed by atoms with Gasteiger partial charge in [0, 0.05) is 31.2 Å². The molecule has 0 aliphatic heterocycles. The molecule has 24 heavy (non-hydrogen) atoms. The van der Waals surface area contributed by atoms with Crippen LogP contribution in [0.5, 0.6) is 0 Å². The van der Waals surface area contributed by atoms with Crippen LogP contribution in [-0.2, 0) is 13.1 Å². The van der Waals surface area contributed by atoms with Gasteiger partial charge in [-0.15, -0.1) is 0 Å². The van der Waals surface area contributed by atoms with Crippen molar-refractivity contribution in [2.75, 3.05) is 0 Å². The van der Waals surface area contributed by atoms with E-state index in [1.54, 1.807) is 12.3 Å². The first-order valence-corrected chi connectivity index (χ1v) is 7.89. The Balaban J connectivity index is 1.64. The Morgan fingerprint density at radius 2 is 1.92 bits per heavy atom. The van der Waals surface area contributed by atoms with E-state index in [1.807, 2.05) is 44.3 Å². The molecule has 0 fully saturated rings. The molecule has 5 nitrogen and oxygen atoms in total. The Hall–Kier alpha value is -2.95. The fourth-order valence-electron chi connectivity index (χ4n) is 2.55. The predicted molar refractivity (Wildman–Crippen MR) is 92.7 cm³/mol. The average Bonchev–Trinajstić information content (AvgIpc) is 2.98. The lowest BCUT2D eigenvalue weighted by Gasteiger charge is -2.09. The summed E-state index contributed by atoms with van der Waals surface area (Å²) in [5.74, 6) is 0.828. The molecule has 1 aromatic carbocycles. The third-order valence-corrected chi connectivity index (χ3v) is 3.84. The summed E-state index contributed by atoms with van der Waals surface area (Å²) in [6, 6.07) is 13.6. The zero-order chi connectivity index (χ0) is 16.9. The number of carbonyl (C=O) groups is 1. The fourth-order valence-corrected chi connectivity index (χ4v) is 2.55. The van der Waals surface area contributed by atoms with Gasteiger partial charge in [0.2, 0.25) is 0 Å². The van der Waals surface area contributed by atoms with Crippen LogP contribution in [0.25, 0.3) is 0 Å². The van der Waals surface area contributed by atoms with E-state index in [2.05, 4.69) is 32.0 Å². The highest BCUT2D eigenvalue weighted by molar-refractivity contribution is 5.92. The van der Waals surface area contributed by atoms with Crippen molar-refractivity contribution in [2.45, 2.75) is 26.9 Å². The Morgan fingerprint density at radius 3 is 2.67 bits per heavy atom. The van der Waals surface area contributed by atoms with Gasteiger partial charge in [-0.2, -0.15) is 0 Å². The van der Waals surface area contributed by atoms with Crippen molar-refractivity contribution in [1.29, 1.82) is 0 Å².